The molecule has 1 fully saturated rings. The van der Waals surface area contributed by atoms with Gasteiger partial charge in [0.2, 0.25) is 11.8 Å². The van der Waals surface area contributed by atoms with Crippen LogP contribution in [0.1, 0.15) is 53.5 Å². The topological polar surface area (TPSA) is 90.5 Å². The molecule has 1 saturated heterocycles. The number of hydrogen-bond acceptors (Lipinski definition) is 7. The number of nitrogens with zero attached hydrogens (tertiary/aromatic N) is 6. The number of piperazine rings is 1. The molecule has 0 saturated carbocycles. The SMILES string of the molecule is CCN1CCN(Cc2ccc(CC(=O)N3CCc4ncc(Oc5ncnc6[nH]c(C)cc56)cc4C3C)cc2C(F)(F)F)CC1. The van der Waals surface area contributed by atoms with Crippen molar-refractivity contribution in [3.63, 3.8) is 0 Å². The van der Waals surface area contributed by atoms with Gasteiger partial charge in [-0.3, -0.25) is 14.7 Å². The van der Waals surface area contributed by atoms with Crippen molar-refractivity contribution >= 4 is 16.9 Å². The molecule has 1 unspecified atom stereocenters. The Bertz CT molecular complexity index is 1660. The van der Waals surface area contributed by atoms with Crippen LogP contribution in [0.25, 0.3) is 11.0 Å². The number of likely N-dealkylation sites (N-methyl/N-ethyl adjacent to an activating group) is 1. The molecule has 2 aliphatic heterocycles. The molecule has 44 heavy (non-hydrogen) atoms. The first-order valence-electron chi connectivity index (χ1n) is 15.0. The molecule has 6 rings (SSSR count). The lowest BCUT2D eigenvalue weighted by Gasteiger charge is -2.35. The van der Waals surface area contributed by atoms with Crippen molar-refractivity contribution in [2.24, 2.45) is 0 Å². The number of aromatic amines is 1. The van der Waals surface area contributed by atoms with Crippen LogP contribution in [0.15, 0.2) is 42.9 Å². The first-order chi connectivity index (χ1) is 21.1. The molecule has 1 aromatic carbocycles. The lowest BCUT2D eigenvalue weighted by atomic mass is 9.96. The summed E-state index contributed by atoms with van der Waals surface area (Å²) in [6, 6.07) is 7.78. The molecule has 0 aliphatic carbocycles. The van der Waals surface area contributed by atoms with Gasteiger partial charge in [-0.1, -0.05) is 19.1 Å². The number of aryl methyl sites for hydroxylation is 1. The Kier molecular flexibility index (Phi) is 8.30. The number of alkyl halides is 3. The third-order valence-corrected chi connectivity index (χ3v) is 8.69. The van der Waals surface area contributed by atoms with Gasteiger partial charge in [-0.15, -0.1) is 0 Å². The van der Waals surface area contributed by atoms with E-state index < -0.39 is 11.7 Å². The molecule has 1 amide bonds. The first-order valence-corrected chi connectivity index (χ1v) is 15.0. The monoisotopic (exact) mass is 607 g/mol. The van der Waals surface area contributed by atoms with Gasteiger partial charge < -0.3 is 19.5 Å². The van der Waals surface area contributed by atoms with Gasteiger partial charge in [-0.05, 0) is 55.3 Å². The molecular formula is C32H36F3N7O2. The van der Waals surface area contributed by atoms with E-state index in [9.17, 15) is 18.0 Å². The minimum atomic E-state index is -4.51. The van der Waals surface area contributed by atoms with Crippen LogP contribution in [0.2, 0.25) is 0 Å². The van der Waals surface area contributed by atoms with Crippen molar-refractivity contribution in [3.8, 4) is 11.6 Å². The van der Waals surface area contributed by atoms with Crippen molar-refractivity contribution < 1.29 is 22.7 Å². The van der Waals surface area contributed by atoms with Crippen LogP contribution in [0.5, 0.6) is 11.6 Å². The molecule has 4 aromatic rings. The van der Waals surface area contributed by atoms with E-state index in [0.717, 1.165) is 61.1 Å². The fourth-order valence-electron chi connectivity index (χ4n) is 6.20. The minimum Gasteiger partial charge on any atom is -0.437 e. The highest BCUT2D eigenvalue weighted by Crippen LogP contribution is 2.36. The first kappa shape index (κ1) is 30.0. The lowest BCUT2D eigenvalue weighted by Crippen LogP contribution is -2.45. The molecule has 3 aromatic heterocycles. The molecule has 1 N–H and O–H groups in total. The minimum absolute atomic E-state index is 0.117. The number of hydrogen-bond donors (Lipinski definition) is 1. The molecule has 5 heterocycles. The maximum atomic E-state index is 14.1. The van der Waals surface area contributed by atoms with Crippen LogP contribution >= 0.6 is 0 Å². The molecular weight excluding hydrogens is 571 g/mol. The molecule has 12 heteroatoms. The summed E-state index contributed by atoms with van der Waals surface area (Å²) >= 11 is 0. The van der Waals surface area contributed by atoms with Gasteiger partial charge in [0.25, 0.3) is 0 Å². The largest absolute Gasteiger partial charge is 0.437 e. The quantitative estimate of drug-likeness (QED) is 0.305. The summed E-state index contributed by atoms with van der Waals surface area (Å²) in [7, 11) is 0. The third-order valence-electron chi connectivity index (χ3n) is 8.69. The summed E-state index contributed by atoms with van der Waals surface area (Å²) in [6.45, 7) is 10.7. The summed E-state index contributed by atoms with van der Waals surface area (Å²) in [6.07, 6.45) is -1.02. The lowest BCUT2D eigenvalue weighted by molar-refractivity contribution is -0.139. The molecule has 0 radical (unpaired) electrons. The van der Waals surface area contributed by atoms with E-state index >= 15 is 0 Å². The molecule has 9 nitrogen and oxygen atoms in total. The van der Waals surface area contributed by atoms with Crippen molar-refractivity contribution in [1.29, 1.82) is 0 Å². The summed E-state index contributed by atoms with van der Waals surface area (Å²) in [4.78, 5) is 35.8. The van der Waals surface area contributed by atoms with Gasteiger partial charge >= 0.3 is 6.18 Å². The number of rotatable bonds is 7. The highest BCUT2D eigenvalue weighted by atomic mass is 19.4. The fourth-order valence-corrected chi connectivity index (χ4v) is 6.20. The zero-order chi connectivity index (χ0) is 31.0. The van der Waals surface area contributed by atoms with E-state index in [1.807, 2.05) is 26.0 Å². The Morgan fingerprint density at radius 1 is 1.05 bits per heavy atom. The molecule has 232 valence electrons. The summed E-state index contributed by atoms with van der Waals surface area (Å²) in [5.41, 5.74) is 3.23. The highest BCUT2D eigenvalue weighted by molar-refractivity contribution is 5.82. The Morgan fingerprint density at radius 2 is 1.82 bits per heavy atom. The number of H-pyrrole nitrogens is 1. The summed E-state index contributed by atoms with van der Waals surface area (Å²) < 4.78 is 48.5. The summed E-state index contributed by atoms with van der Waals surface area (Å²) in [5.74, 6) is 0.640. The zero-order valence-electron chi connectivity index (χ0n) is 25.1. The maximum absolute atomic E-state index is 14.1. The second kappa shape index (κ2) is 12.2. The van der Waals surface area contributed by atoms with E-state index in [0.29, 0.717) is 35.8 Å². The van der Waals surface area contributed by atoms with Gasteiger partial charge in [0.05, 0.1) is 29.6 Å². The highest BCUT2D eigenvalue weighted by Gasteiger charge is 2.35. The van der Waals surface area contributed by atoms with E-state index in [-0.39, 0.29) is 30.5 Å². The second-order valence-electron chi connectivity index (χ2n) is 11.6. The van der Waals surface area contributed by atoms with Crippen LogP contribution in [-0.2, 0) is 30.4 Å². The van der Waals surface area contributed by atoms with Crippen LogP contribution in [0, 0.1) is 6.92 Å². The van der Waals surface area contributed by atoms with E-state index in [2.05, 4.69) is 36.7 Å². The standard InChI is InChI=1S/C32H36F3N7O2/c1-4-40-9-11-41(12-10-40)18-23-6-5-22(14-27(23)32(33,34)35)15-29(43)42-8-7-28-25(21(42)3)16-24(17-36-28)44-31-26-13-20(2)39-30(26)37-19-38-31/h5-6,13-14,16-17,19,21H,4,7-12,15,18H2,1-3H3,(H,37,38,39). The predicted octanol–water partition coefficient (Wildman–Crippen LogP) is 5.30. The number of carbonyl (C=O) groups is 1. The Morgan fingerprint density at radius 3 is 2.57 bits per heavy atom. The maximum Gasteiger partial charge on any atom is 0.416 e. The molecule has 0 bridgehead atoms. The van der Waals surface area contributed by atoms with Gasteiger partial charge in [-0.25, -0.2) is 9.97 Å². The van der Waals surface area contributed by atoms with Gasteiger partial charge in [0.15, 0.2) is 0 Å². The van der Waals surface area contributed by atoms with Crippen molar-refractivity contribution in [2.75, 3.05) is 39.3 Å². The van der Waals surface area contributed by atoms with Crippen molar-refractivity contribution in [1.82, 2.24) is 34.6 Å². The number of halogens is 3. The Balaban J connectivity index is 1.17. The smallest absolute Gasteiger partial charge is 0.416 e. The van der Waals surface area contributed by atoms with E-state index in [1.165, 1.54) is 12.4 Å². The summed E-state index contributed by atoms with van der Waals surface area (Å²) in [5, 5.41) is 0.746. The normalized spacial score (nSPS) is 18.0. The average molecular weight is 608 g/mol. The van der Waals surface area contributed by atoms with Crippen molar-refractivity contribution in [2.45, 2.75) is 52.4 Å². The second-order valence-corrected chi connectivity index (χ2v) is 11.6. The predicted molar refractivity (Wildman–Crippen MR) is 159 cm³/mol. The van der Waals surface area contributed by atoms with Gasteiger partial charge in [-0.2, -0.15) is 13.2 Å². The van der Waals surface area contributed by atoms with Crippen molar-refractivity contribution in [3.05, 3.63) is 76.5 Å². The van der Waals surface area contributed by atoms with Gasteiger partial charge in [0, 0.05) is 57.1 Å². The number of nitrogens with one attached hydrogen (secondary N) is 1. The van der Waals surface area contributed by atoms with Crippen LogP contribution in [0.4, 0.5) is 13.2 Å². The van der Waals surface area contributed by atoms with E-state index in [4.69, 9.17) is 4.74 Å². The molecule has 2 aliphatic rings. The Hall–Kier alpha value is -4.03. The number of aromatic nitrogens is 4. The fraction of sp³-hybridized carbons (Fsp3) is 0.438. The number of benzene rings is 1. The molecule has 0 spiro atoms. The zero-order valence-corrected chi connectivity index (χ0v) is 25.1. The number of fused-ring (bicyclic) bond motifs is 2. The van der Waals surface area contributed by atoms with Crippen LogP contribution < -0.4 is 4.74 Å². The average Bonchev–Trinajstić information content (AvgIpc) is 3.39. The number of amides is 1. The van der Waals surface area contributed by atoms with Crippen LogP contribution in [-0.4, -0.2) is 79.8 Å². The Labute approximate surface area is 254 Å². The number of pyridine rings is 1. The number of carbonyl (C=O) groups excluding carboxylic acids is 1. The number of ether oxygens (including phenoxy) is 1. The molecule has 1 atom stereocenters. The third kappa shape index (κ3) is 6.27. The van der Waals surface area contributed by atoms with Crippen LogP contribution in [0.3, 0.4) is 0 Å². The van der Waals surface area contributed by atoms with E-state index in [1.54, 1.807) is 17.2 Å². The van der Waals surface area contributed by atoms with Gasteiger partial charge in [0.1, 0.15) is 17.7 Å².